The number of fused-ring (bicyclic) bond motifs is 1. The number of aromatic nitrogens is 1. The molecule has 1 atom stereocenters. The Labute approximate surface area is 96.9 Å². The second-order valence-electron chi connectivity index (χ2n) is 3.89. The highest BCUT2D eigenvalue weighted by atomic mass is 16.4. The van der Waals surface area contributed by atoms with E-state index in [1.807, 2.05) is 6.07 Å². The van der Waals surface area contributed by atoms with Gasteiger partial charge >= 0.3 is 5.97 Å². The third-order valence-electron chi connectivity index (χ3n) is 2.56. The summed E-state index contributed by atoms with van der Waals surface area (Å²) in [5.74, 6) is -1.02. The van der Waals surface area contributed by atoms with Crippen molar-refractivity contribution in [3.05, 3.63) is 46.2 Å². The Morgan fingerprint density at radius 2 is 2.12 bits per heavy atom. The lowest BCUT2D eigenvalue weighted by Gasteiger charge is -2.07. The Hall–Kier alpha value is -2.14. The van der Waals surface area contributed by atoms with Crippen LogP contribution in [-0.4, -0.2) is 22.1 Å². The standard InChI is InChI=1S/C12H12N2O3/c13-9(12(16)17)6-7-1-3-10-8(5-7)2-4-11(15)14-10/h1-5,9H,6,13H2,(H,14,15)(H,16,17)/t9-/m0/s1. The molecule has 0 saturated carbocycles. The van der Waals surface area contributed by atoms with E-state index in [2.05, 4.69) is 4.98 Å². The number of H-pyrrole nitrogens is 1. The number of hydrogen-bond acceptors (Lipinski definition) is 3. The molecule has 5 heteroatoms. The fourth-order valence-electron chi connectivity index (χ4n) is 1.67. The Kier molecular flexibility index (Phi) is 2.93. The molecular formula is C12H12N2O3. The Morgan fingerprint density at radius 3 is 2.82 bits per heavy atom. The molecule has 2 aromatic rings. The van der Waals surface area contributed by atoms with E-state index < -0.39 is 12.0 Å². The lowest BCUT2D eigenvalue weighted by molar-refractivity contribution is -0.138. The van der Waals surface area contributed by atoms with Crippen LogP contribution in [0.25, 0.3) is 10.9 Å². The van der Waals surface area contributed by atoms with Gasteiger partial charge in [-0.25, -0.2) is 0 Å². The first-order valence-electron chi connectivity index (χ1n) is 5.16. The molecule has 5 nitrogen and oxygen atoms in total. The zero-order chi connectivity index (χ0) is 12.4. The predicted molar refractivity (Wildman–Crippen MR) is 63.9 cm³/mol. The third-order valence-corrected chi connectivity index (χ3v) is 2.56. The maximum absolute atomic E-state index is 11.1. The van der Waals surface area contributed by atoms with Crippen LogP contribution in [-0.2, 0) is 11.2 Å². The van der Waals surface area contributed by atoms with Crippen molar-refractivity contribution in [2.24, 2.45) is 5.73 Å². The molecule has 0 saturated heterocycles. The molecule has 0 aliphatic heterocycles. The van der Waals surface area contributed by atoms with Crippen LogP contribution in [0.5, 0.6) is 0 Å². The second-order valence-corrected chi connectivity index (χ2v) is 3.89. The van der Waals surface area contributed by atoms with Gasteiger partial charge in [-0.2, -0.15) is 0 Å². The second kappa shape index (κ2) is 4.39. The Bertz CT molecular complexity index is 618. The van der Waals surface area contributed by atoms with Crippen molar-refractivity contribution in [3.63, 3.8) is 0 Å². The van der Waals surface area contributed by atoms with Gasteiger partial charge in [0.1, 0.15) is 6.04 Å². The topological polar surface area (TPSA) is 96.2 Å². The molecule has 0 bridgehead atoms. The molecule has 0 amide bonds. The lowest BCUT2D eigenvalue weighted by Crippen LogP contribution is -2.32. The fourth-order valence-corrected chi connectivity index (χ4v) is 1.67. The number of rotatable bonds is 3. The van der Waals surface area contributed by atoms with Crippen LogP contribution in [0.4, 0.5) is 0 Å². The maximum Gasteiger partial charge on any atom is 0.320 e. The highest BCUT2D eigenvalue weighted by Crippen LogP contribution is 2.13. The quantitative estimate of drug-likeness (QED) is 0.717. The van der Waals surface area contributed by atoms with Crippen molar-refractivity contribution in [1.29, 1.82) is 0 Å². The number of hydrogen-bond donors (Lipinski definition) is 3. The summed E-state index contributed by atoms with van der Waals surface area (Å²) < 4.78 is 0. The first-order chi connectivity index (χ1) is 8.06. The van der Waals surface area contributed by atoms with E-state index in [9.17, 15) is 9.59 Å². The first kappa shape index (κ1) is 11.3. The highest BCUT2D eigenvalue weighted by Gasteiger charge is 2.12. The highest BCUT2D eigenvalue weighted by molar-refractivity contribution is 5.79. The zero-order valence-electron chi connectivity index (χ0n) is 9.01. The molecule has 4 N–H and O–H groups in total. The molecular weight excluding hydrogens is 220 g/mol. The summed E-state index contributed by atoms with van der Waals surface area (Å²) in [5.41, 5.74) is 6.86. The molecule has 0 radical (unpaired) electrons. The van der Waals surface area contributed by atoms with Gasteiger partial charge in [0.2, 0.25) is 5.56 Å². The summed E-state index contributed by atoms with van der Waals surface area (Å²) in [7, 11) is 0. The van der Waals surface area contributed by atoms with E-state index in [0.29, 0.717) is 0 Å². The van der Waals surface area contributed by atoms with E-state index in [0.717, 1.165) is 16.5 Å². The Morgan fingerprint density at radius 1 is 1.35 bits per heavy atom. The third kappa shape index (κ3) is 2.51. The van der Waals surface area contributed by atoms with E-state index in [1.54, 1.807) is 18.2 Å². The molecule has 88 valence electrons. The smallest absolute Gasteiger partial charge is 0.320 e. The van der Waals surface area contributed by atoms with Crippen molar-refractivity contribution in [2.45, 2.75) is 12.5 Å². The van der Waals surface area contributed by atoms with Gasteiger partial charge in [0.05, 0.1) is 0 Å². The average molecular weight is 232 g/mol. The van der Waals surface area contributed by atoms with Crippen molar-refractivity contribution < 1.29 is 9.90 Å². The maximum atomic E-state index is 11.1. The van der Waals surface area contributed by atoms with Crippen LogP contribution in [0.3, 0.4) is 0 Å². The molecule has 1 heterocycles. The van der Waals surface area contributed by atoms with Gasteiger partial charge in [0.15, 0.2) is 0 Å². The minimum absolute atomic E-state index is 0.160. The van der Waals surface area contributed by atoms with E-state index in [4.69, 9.17) is 10.8 Å². The predicted octanol–water partition coefficient (Wildman–Crippen LogP) is 0.482. The fraction of sp³-hybridized carbons (Fsp3) is 0.167. The SMILES string of the molecule is N[C@@H](Cc1ccc2[nH]c(=O)ccc2c1)C(=O)O. The van der Waals surface area contributed by atoms with E-state index in [1.165, 1.54) is 6.07 Å². The molecule has 0 aliphatic carbocycles. The van der Waals surface area contributed by atoms with Crippen LogP contribution >= 0.6 is 0 Å². The summed E-state index contributed by atoms with van der Waals surface area (Å²) in [6.07, 6.45) is 0.268. The number of nitrogens with two attached hydrogens (primary N) is 1. The molecule has 0 unspecified atom stereocenters. The molecule has 0 fully saturated rings. The van der Waals surface area contributed by atoms with Crippen LogP contribution in [0.2, 0.25) is 0 Å². The van der Waals surface area contributed by atoms with Gasteiger partial charge in [-0.1, -0.05) is 6.07 Å². The largest absolute Gasteiger partial charge is 0.480 e. The molecule has 1 aromatic carbocycles. The zero-order valence-corrected chi connectivity index (χ0v) is 9.01. The molecule has 17 heavy (non-hydrogen) atoms. The monoisotopic (exact) mass is 232 g/mol. The van der Waals surface area contributed by atoms with Gasteiger partial charge < -0.3 is 15.8 Å². The summed E-state index contributed by atoms with van der Waals surface area (Å²) in [6.45, 7) is 0. The lowest BCUT2D eigenvalue weighted by atomic mass is 10.0. The molecule has 0 aliphatic rings. The van der Waals surface area contributed by atoms with Crippen LogP contribution in [0.15, 0.2) is 35.1 Å². The van der Waals surface area contributed by atoms with Crippen LogP contribution < -0.4 is 11.3 Å². The summed E-state index contributed by atoms with van der Waals surface area (Å²) in [6, 6.07) is 7.57. The van der Waals surface area contributed by atoms with Crippen molar-refractivity contribution in [3.8, 4) is 0 Å². The van der Waals surface area contributed by atoms with Crippen molar-refractivity contribution in [1.82, 2.24) is 4.98 Å². The number of aliphatic carboxylic acids is 1. The minimum atomic E-state index is -1.02. The average Bonchev–Trinajstić information content (AvgIpc) is 2.29. The van der Waals surface area contributed by atoms with Gasteiger partial charge in [0, 0.05) is 11.6 Å². The van der Waals surface area contributed by atoms with E-state index >= 15 is 0 Å². The van der Waals surface area contributed by atoms with E-state index in [-0.39, 0.29) is 12.0 Å². The van der Waals surface area contributed by atoms with Gasteiger partial charge in [0.25, 0.3) is 0 Å². The summed E-state index contributed by atoms with van der Waals surface area (Å²) >= 11 is 0. The van der Waals surface area contributed by atoms with Crippen LogP contribution in [0, 0.1) is 0 Å². The molecule has 0 spiro atoms. The number of pyridine rings is 1. The number of carboxylic acids is 1. The van der Waals surface area contributed by atoms with Crippen molar-refractivity contribution >= 4 is 16.9 Å². The van der Waals surface area contributed by atoms with Crippen molar-refractivity contribution in [2.75, 3.05) is 0 Å². The number of carbonyl (C=O) groups is 1. The number of benzene rings is 1. The Balaban J connectivity index is 2.35. The van der Waals surface area contributed by atoms with Gasteiger partial charge in [-0.3, -0.25) is 9.59 Å². The summed E-state index contributed by atoms with van der Waals surface area (Å²) in [5, 5.41) is 9.58. The molecule has 2 rings (SSSR count). The minimum Gasteiger partial charge on any atom is -0.480 e. The van der Waals surface area contributed by atoms with Gasteiger partial charge in [-0.15, -0.1) is 0 Å². The first-order valence-corrected chi connectivity index (χ1v) is 5.16. The number of aromatic amines is 1. The normalized spacial score (nSPS) is 12.5. The van der Waals surface area contributed by atoms with Gasteiger partial charge in [-0.05, 0) is 35.6 Å². The molecule has 1 aromatic heterocycles. The van der Waals surface area contributed by atoms with Crippen LogP contribution in [0.1, 0.15) is 5.56 Å². The number of carboxylic acid groups (broad SMARTS) is 1. The number of nitrogens with one attached hydrogen (secondary N) is 1. The summed E-state index contributed by atoms with van der Waals surface area (Å²) in [4.78, 5) is 24.4.